The molecule has 0 radical (unpaired) electrons. The van der Waals surface area contributed by atoms with Crippen molar-refractivity contribution in [3.05, 3.63) is 46.7 Å². The molecule has 1 aliphatic heterocycles. The zero-order valence-electron chi connectivity index (χ0n) is 18.9. The van der Waals surface area contributed by atoms with Gasteiger partial charge in [-0.1, -0.05) is 45.0 Å². The Morgan fingerprint density at radius 1 is 1.03 bits per heavy atom. The molecule has 0 unspecified atom stereocenters. The minimum atomic E-state index is -0.629. The smallest absolute Gasteiger partial charge is 0.412 e. The Hall–Kier alpha value is -2.34. The first-order valence-corrected chi connectivity index (χ1v) is 11.2. The van der Waals surface area contributed by atoms with E-state index in [1.165, 1.54) is 5.56 Å². The van der Waals surface area contributed by atoms with Crippen molar-refractivity contribution >= 4 is 23.3 Å². The second-order valence-corrected chi connectivity index (χ2v) is 10.8. The predicted octanol–water partition coefficient (Wildman–Crippen LogP) is 5.41. The molecule has 30 heavy (non-hydrogen) atoms. The molecular formula is C24H32N2O3S. The molecule has 2 heterocycles. The molecule has 2 amide bonds. The summed E-state index contributed by atoms with van der Waals surface area (Å²) in [5.74, 6) is -0.0531. The second kappa shape index (κ2) is 8.06. The molecule has 1 aromatic heterocycles. The third-order valence-corrected chi connectivity index (χ3v) is 5.90. The molecule has 0 saturated carbocycles. The molecule has 1 aliphatic rings. The minimum Gasteiger partial charge on any atom is -0.444 e. The van der Waals surface area contributed by atoms with Crippen LogP contribution < -0.4 is 0 Å². The van der Waals surface area contributed by atoms with E-state index in [2.05, 4.69) is 29.0 Å². The van der Waals surface area contributed by atoms with E-state index >= 15 is 0 Å². The lowest BCUT2D eigenvalue weighted by molar-refractivity contribution is -0.129. The van der Waals surface area contributed by atoms with Crippen LogP contribution in [0.4, 0.5) is 4.79 Å². The van der Waals surface area contributed by atoms with Gasteiger partial charge in [-0.15, -0.1) is 0 Å². The van der Waals surface area contributed by atoms with E-state index in [4.69, 9.17) is 4.74 Å². The van der Waals surface area contributed by atoms with E-state index in [1.54, 1.807) is 28.2 Å². The lowest BCUT2D eigenvalue weighted by Gasteiger charge is -2.39. The third kappa shape index (κ3) is 4.69. The zero-order chi connectivity index (χ0) is 22.3. The summed E-state index contributed by atoms with van der Waals surface area (Å²) in [7, 11) is 1.77. The van der Waals surface area contributed by atoms with Gasteiger partial charge in [0.2, 0.25) is 5.91 Å². The number of carbonyl (C=O) groups excluding carboxylic acids is 2. The average Bonchev–Trinajstić information content (AvgIpc) is 3.23. The molecule has 2 aromatic rings. The normalized spacial score (nSPS) is 20.0. The monoisotopic (exact) mass is 428 g/mol. The van der Waals surface area contributed by atoms with E-state index < -0.39 is 17.7 Å². The van der Waals surface area contributed by atoms with Gasteiger partial charge < -0.3 is 9.64 Å². The van der Waals surface area contributed by atoms with E-state index in [0.29, 0.717) is 6.42 Å². The van der Waals surface area contributed by atoms with Crippen LogP contribution in [0.2, 0.25) is 0 Å². The molecule has 0 bridgehead atoms. The number of carbonyl (C=O) groups is 2. The van der Waals surface area contributed by atoms with Crippen molar-refractivity contribution in [3.8, 4) is 11.1 Å². The fourth-order valence-corrected chi connectivity index (χ4v) is 4.71. The topological polar surface area (TPSA) is 49.9 Å². The Morgan fingerprint density at radius 3 is 2.17 bits per heavy atom. The summed E-state index contributed by atoms with van der Waals surface area (Å²) in [5.41, 5.74) is 2.41. The Kier molecular flexibility index (Phi) is 6.01. The average molecular weight is 429 g/mol. The number of rotatable bonds is 3. The summed E-state index contributed by atoms with van der Waals surface area (Å²) in [4.78, 5) is 29.7. The van der Waals surface area contributed by atoms with E-state index in [1.807, 2.05) is 53.7 Å². The van der Waals surface area contributed by atoms with Gasteiger partial charge in [-0.2, -0.15) is 11.3 Å². The van der Waals surface area contributed by atoms with Gasteiger partial charge in [0.05, 0.1) is 0 Å². The Bertz CT molecular complexity index is 892. The lowest BCUT2D eigenvalue weighted by atomic mass is 9.91. The van der Waals surface area contributed by atoms with Crippen molar-refractivity contribution in [1.82, 2.24) is 9.80 Å². The summed E-state index contributed by atoms with van der Waals surface area (Å²) in [6.07, 6.45) is -0.353. The van der Waals surface area contributed by atoms with Crippen LogP contribution in [0.5, 0.6) is 0 Å². The number of thiophene rings is 1. The number of nitrogens with zero attached hydrogens (tertiary/aromatic N) is 2. The van der Waals surface area contributed by atoms with Gasteiger partial charge >= 0.3 is 6.09 Å². The Morgan fingerprint density at radius 2 is 1.67 bits per heavy atom. The molecule has 162 valence electrons. The Balaban J connectivity index is 1.90. The molecule has 6 heteroatoms. The summed E-state index contributed by atoms with van der Waals surface area (Å²) in [5, 5.41) is 4.17. The predicted molar refractivity (Wildman–Crippen MR) is 121 cm³/mol. The minimum absolute atomic E-state index is 0.0531. The molecule has 0 spiro atoms. The molecule has 3 rings (SSSR count). The fraction of sp³-hybridized carbons (Fsp3) is 0.500. The first-order chi connectivity index (χ1) is 13.9. The van der Waals surface area contributed by atoms with Crippen LogP contribution in [-0.2, 0) is 16.0 Å². The van der Waals surface area contributed by atoms with Crippen LogP contribution in [0.25, 0.3) is 11.1 Å². The highest BCUT2D eigenvalue weighted by molar-refractivity contribution is 7.08. The summed E-state index contributed by atoms with van der Waals surface area (Å²) in [6, 6.07) is 9.73. The first kappa shape index (κ1) is 22.3. The van der Waals surface area contributed by atoms with Gasteiger partial charge in [-0.3, -0.25) is 9.69 Å². The van der Waals surface area contributed by atoms with Crippen molar-refractivity contribution in [2.45, 2.75) is 65.8 Å². The van der Waals surface area contributed by atoms with Crippen molar-refractivity contribution in [3.63, 3.8) is 0 Å². The highest BCUT2D eigenvalue weighted by Gasteiger charge is 2.52. The van der Waals surface area contributed by atoms with Gasteiger partial charge in [0.1, 0.15) is 17.8 Å². The number of amides is 2. The van der Waals surface area contributed by atoms with Crippen LogP contribution in [0.1, 0.15) is 47.1 Å². The van der Waals surface area contributed by atoms with Crippen molar-refractivity contribution in [2.24, 2.45) is 5.41 Å². The molecule has 5 nitrogen and oxygen atoms in total. The van der Waals surface area contributed by atoms with Gasteiger partial charge in [0.25, 0.3) is 0 Å². The van der Waals surface area contributed by atoms with Crippen LogP contribution in [0.15, 0.2) is 41.1 Å². The molecule has 0 aliphatic carbocycles. The maximum Gasteiger partial charge on any atom is 0.412 e. The van der Waals surface area contributed by atoms with Crippen LogP contribution in [0, 0.1) is 5.41 Å². The largest absolute Gasteiger partial charge is 0.444 e. The molecule has 1 saturated heterocycles. The molecule has 1 fully saturated rings. The van der Waals surface area contributed by atoms with Gasteiger partial charge in [-0.05, 0) is 54.3 Å². The van der Waals surface area contributed by atoms with Crippen LogP contribution in [-0.4, -0.2) is 46.7 Å². The molecule has 2 atom stereocenters. The molecule has 0 N–H and O–H groups in total. The fourth-order valence-electron chi connectivity index (χ4n) is 4.04. The van der Waals surface area contributed by atoms with Crippen LogP contribution in [0.3, 0.4) is 0 Å². The van der Waals surface area contributed by atoms with Crippen LogP contribution >= 0.6 is 11.3 Å². The van der Waals surface area contributed by atoms with Crippen molar-refractivity contribution < 1.29 is 14.3 Å². The highest BCUT2D eigenvalue weighted by atomic mass is 32.1. The van der Waals surface area contributed by atoms with E-state index in [0.717, 1.165) is 11.1 Å². The number of benzene rings is 1. The highest BCUT2D eigenvalue weighted by Crippen LogP contribution is 2.36. The van der Waals surface area contributed by atoms with Gasteiger partial charge in [0, 0.05) is 18.9 Å². The standard InChI is InChI=1S/C24H32N2O3S/c1-23(2,3)21-25(7)20(27)19(26(21)22(28)29-24(4,5)6)14-16-8-10-17(11-9-16)18-12-13-30-15-18/h8-13,15,19,21H,14H2,1-7H3/t19-,21-/m0/s1. The quantitative estimate of drug-likeness (QED) is 0.657. The summed E-state index contributed by atoms with van der Waals surface area (Å²) < 4.78 is 5.69. The summed E-state index contributed by atoms with van der Waals surface area (Å²) in [6.45, 7) is 11.6. The van der Waals surface area contributed by atoms with Crippen molar-refractivity contribution in [2.75, 3.05) is 7.05 Å². The van der Waals surface area contributed by atoms with E-state index in [-0.39, 0.29) is 17.5 Å². The zero-order valence-corrected chi connectivity index (χ0v) is 19.7. The maximum absolute atomic E-state index is 13.2. The SMILES string of the molecule is CN1C(=O)[C@H](Cc2ccc(-c3ccsc3)cc2)N(C(=O)OC(C)(C)C)[C@H]1C(C)(C)C. The third-order valence-electron chi connectivity index (χ3n) is 5.22. The molecule has 1 aromatic carbocycles. The number of hydrogen-bond donors (Lipinski definition) is 0. The van der Waals surface area contributed by atoms with Crippen molar-refractivity contribution in [1.29, 1.82) is 0 Å². The van der Waals surface area contributed by atoms with Gasteiger partial charge in [0.15, 0.2) is 0 Å². The first-order valence-electron chi connectivity index (χ1n) is 10.3. The summed E-state index contributed by atoms with van der Waals surface area (Å²) >= 11 is 1.67. The maximum atomic E-state index is 13.2. The Labute approximate surface area is 183 Å². The number of hydrogen-bond acceptors (Lipinski definition) is 4. The van der Waals surface area contributed by atoms with Gasteiger partial charge in [-0.25, -0.2) is 4.79 Å². The number of ether oxygens (including phenoxy) is 1. The molecular weight excluding hydrogens is 396 g/mol. The lowest BCUT2D eigenvalue weighted by Crippen LogP contribution is -2.52. The van der Waals surface area contributed by atoms with E-state index in [9.17, 15) is 9.59 Å². The number of likely N-dealkylation sites (N-methyl/N-ethyl adjacent to an activating group) is 1. The second-order valence-electron chi connectivity index (χ2n) is 10.0.